The molecule has 21 heavy (non-hydrogen) atoms. The van der Waals surface area contributed by atoms with Crippen LogP contribution in [0.15, 0.2) is 30.3 Å². The van der Waals surface area contributed by atoms with Gasteiger partial charge in [-0.15, -0.1) is 0 Å². The Bertz CT molecular complexity index is 699. The molecule has 6 heteroatoms. The first-order valence-electron chi connectivity index (χ1n) is 6.24. The summed E-state index contributed by atoms with van der Waals surface area (Å²) < 4.78 is 1.97. The highest BCUT2D eigenvalue weighted by atomic mass is 127. The average molecular weight is 397 g/mol. The SMILES string of the molecule is Cc1cc(C)[n+](C)c(/C=C/c2cccc([N+](=O)[O-])c2)n1.[I-]. The minimum atomic E-state index is -0.396. The summed E-state index contributed by atoms with van der Waals surface area (Å²) in [7, 11) is 1.94. The molecular formula is C15H16IN3O2. The van der Waals surface area contributed by atoms with Crippen molar-refractivity contribution in [2.24, 2.45) is 7.05 Å². The standard InChI is InChI=1S/C15H16N3O2.HI/c1-11-9-12(2)17(3)15(16-11)8-7-13-5-4-6-14(10-13)18(19)20;/h4-10H,1-3H3;1H/q+1;/p-1/b8-7+;. The number of nitro groups is 1. The molecule has 1 heterocycles. The fraction of sp³-hybridized carbons (Fsp3) is 0.200. The molecule has 0 atom stereocenters. The van der Waals surface area contributed by atoms with Crippen LogP contribution in [0.4, 0.5) is 5.69 Å². The van der Waals surface area contributed by atoms with Crippen molar-refractivity contribution < 1.29 is 33.5 Å². The van der Waals surface area contributed by atoms with E-state index >= 15 is 0 Å². The minimum absolute atomic E-state index is 0. The average Bonchev–Trinajstić information content (AvgIpc) is 2.41. The van der Waals surface area contributed by atoms with Crippen molar-refractivity contribution in [2.45, 2.75) is 13.8 Å². The van der Waals surface area contributed by atoms with Crippen molar-refractivity contribution in [1.29, 1.82) is 0 Å². The lowest BCUT2D eigenvalue weighted by molar-refractivity contribution is -0.682. The van der Waals surface area contributed by atoms with Gasteiger partial charge in [0.05, 0.1) is 12.0 Å². The van der Waals surface area contributed by atoms with E-state index in [-0.39, 0.29) is 29.7 Å². The van der Waals surface area contributed by atoms with E-state index in [0.717, 1.165) is 22.8 Å². The van der Waals surface area contributed by atoms with Crippen molar-refractivity contribution in [1.82, 2.24) is 4.98 Å². The summed E-state index contributed by atoms with van der Waals surface area (Å²) in [5, 5.41) is 10.7. The van der Waals surface area contributed by atoms with Crippen LogP contribution in [0.25, 0.3) is 12.2 Å². The third kappa shape index (κ3) is 4.32. The topological polar surface area (TPSA) is 59.9 Å². The lowest BCUT2D eigenvalue weighted by Gasteiger charge is -1.99. The van der Waals surface area contributed by atoms with Crippen LogP contribution in [0.1, 0.15) is 22.8 Å². The third-order valence-corrected chi connectivity index (χ3v) is 3.09. The molecule has 0 aliphatic rings. The summed E-state index contributed by atoms with van der Waals surface area (Å²) in [4.78, 5) is 14.8. The molecular weight excluding hydrogens is 381 g/mol. The van der Waals surface area contributed by atoms with Gasteiger partial charge >= 0.3 is 5.82 Å². The maximum Gasteiger partial charge on any atom is 0.323 e. The molecule has 1 aromatic heterocycles. The van der Waals surface area contributed by atoms with Gasteiger partial charge in [-0.25, -0.2) is 4.57 Å². The molecule has 5 nitrogen and oxygen atoms in total. The highest BCUT2D eigenvalue weighted by Crippen LogP contribution is 2.14. The number of nitro benzene ring substituents is 1. The second kappa shape index (κ2) is 7.26. The van der Waals surface area contributed by atoms with Crippen LogP contribution in [0.5, 0.6) is 0 Å². The van der Waals surface area contributed by atoms with Crippen LogP contribution in [0.3, 0.4) is 0 Å². The number of benzene rings is 1. The Balaban J connectivity index is 0.00000220. The zero-order valence-corrected chi connectivity index (χ0v) is 14.2. The Hall–Kier alpha value is -1.83. The normalized spacial score (nSPS) is 10.4. The fourth-order valence-corrected chi connectivity index (χ4v) is 1.93. The van der Waals surface area contributed by atoms with Crippen molar-refractivity contribution in [3.05, 3.63) is 63.2 Å². The van der Waals surface area contributed by atoms with E-state index in [0.29, 0.717) is 0 Å². The van der Waals surface area contributed by atoms with Gasteiger partial charge < -0.3 is 24.0 Å². The quantitative estimate of drug-likeness (QED) is 0.307. The highest BCUT2D eigenvalue weighted by Gasteiger charge is 2.10. The predicted octanol–water partition coefficient (Wildman–Crippen LogP) is -0.394. The Morgan fingerprint density at radius 2 is 1.95 bits per heavy atom. The third-order valence-electron chi connectivity index (χ3n) is 3.09. The van der Waals surface area contributed by atoms with E-state index in [1.807, 2.05) is 49.7 Å². The molecule has 0 saturated heterocycles. The zero-order chi connectivity index (χ0) is 14.7. The van der Waals surface area contributed by atoms with Crippen LogP contribution in [-0.2, 0) is 7.05 Å². The van der Waals surface area contributed by atoms with E-state index in [4.69, 9.17) is 0 Å². The van der Waals surface area contributed by atoms with E-state index in [1.165, 1.54) is 6.07 Å². The molecule has 0 fully saturated rings. The van der Waals surface area contributed by atoms with Crippen LogP contribution >= 0.6 is 0 Å². The van der Waals surface area contributed by atoms with Gasteiger partial charge in [-0.05, 0) is 23.5 Å². The summed E-state index contributed by atoms with van der Waals surface area (Å²) >= 11 is 0. The van der Waals surface area contributed by atoms with Crippen LogP contribution < -0.4 is 28.5 Å². The van der Waals surface area contributed by atoms with E-state index < -0.39 is 4.92 Å². The predicted molar refractivity (Wildman–Crippen MR) is 76.9 cm³/mol. The molecule has 0 radical (unpaired) electrons. The lowest BCUT2D eigenvalue weighted by atomic mass is 10.2. The van der Waals surface area contributed by atoms with Crippen LogP contribution in [0.2, 0.25) is 0 Å². The molecule has 110 valence electrons. The molecule has 2 rings (SSSR count). The van der Waals surface area contributed by atoms with Gasteiger partial charge in [0.15, 0.2) is 5.69 Å². The number of hydrogen-bond donors (Lipinski definition) is 0. The molecule has 0 unspecified atom stereocenters. The van der Waals surface area contributed by atoms with Gasteiger partial charge in [0.25, 0.3) is 5.69 Å². The number of hydrogen-bond acceptors (Lipinski definition) is 3. The van der Waals surface area contributed by atoms with Crippen LogP contribution in [-0.4, -0.2) is 9.91 Å². The fourth-order valence-electron chi connectivity index (χ4n) is 1.93. The highest BCUT2D eigenvalue weighted by molar-refractivity contribution is 5.67. The van der Waals surface area contributed by atoms with E-state index in [1.54, 1.807) is 12.1 Å². The molecule has 0 bridgehead atoms. The minimum Gasteiger partial charge on any atom is -1.00 e. The van der Waals surface area contributed by atoms with E-state index in [9.17, 15) is 10.1 Å². The van der Waals surface area contributed by atoms with Gasteiger partial charge in [-0.2, -0.15) is 0 Å². The number of halogens is 1. The maximum atomic E-state index is 10.7. The number of rotatable bonds is 3. The number of aromatic nitrogens is 2. The number of aryl methyl sites for hydroxylation is 2. The summed E-state index contributed by atoms with van der Waals surface area (Å²) in [5.41, 5.74) is 2.92. The first-order chi connectivity index (χ1) is 9.47. The van der Waals surface area contributed by atoms with Crippen molar-refractivity contribution in [3.63, 3.8) is 0 Å². The molecule has 0 amide bonds. The maximum absolute atomic E-state index is 10.7. The molecule has 0 aliphatic carbocycles. The van der Waals surface area contributed by atoms with Crippen LogP contribution in [0, 0.1) is 24.0 Å². The number of non-ortho nitro benzene ring substituents is 1. The van der Waals surface area contributed by atoms with Gasteiger partial charge in [-0.1, -0.05) is 12.1 Å². The Morgan fingerprint density at radius 3 is 2.62 bits per heavy atom. The van der Waals surface area contributed by atoms with Gasteiger partial charge in [0.2, 0.25) is 0 Å². The molecule has 2 aromatic rings. The molecule has 0 N–H and O–H groups in total. The molecule has 0 spiro atoms. The summed E-state index contributed by atoms with van der Waals surface area (Å²) in [6.07, 6.45) is 3.69. The molecule has 0 aliphatic heterocycles. The summed E-state index contributed by atoms with van der Waals surface area (Å²) in [6.45, 7) is 3.96. The zero-order valence-electron chi connectivity index (χ0n) is 12.1. The van der Waals surface area contributed by atoms with E-state index in [2.05, 4.69) is 4.98 Å². The second-order valence-corrected chi connectivity index (χ2v) is 4.64. The Labute approximate surface area is 140 Å². The Kier molecular flexibility index (Phi) is 5.95. The van der Waals surface area contributed by atoms with Crippen molar-refractivity contribution >= 4 is 17.8 Å². The first kappa shape index (κ1) is 17.2. The van der Waals surface area contributed by atoms with Crippen molar-refractivity contribution in [3.8, 4) is 0 Å². The van der Waals surface area contributed by atoms with Gasteiger partial charge in [-0.3, -0.25) is 10.1 Å². The first-order valence-corrected chi connectivity index (χ1v) is 6.24. The monoisotopic (exact) mass is 397 g/mol. The molecule has 1 aromatic carbocycles. The van der Waals surface area contributed by atoms with Crippen molar-refractivity contribution in [2.75, 3.05) is 0 Å². The summed E-state index contributed by atoms with van der Waals surface area (Å²) in [6, 6.07) is 8.52. The largest absolute Gasteiger partial charge is 1.00 e. The van der Waals surface area contributed by atoms with Gasteiger partial charge in [0, 0.05) is 31.2 Å². The number of nitrogens with zero attached hydrogens (tertiary/aromatic N) is 3. The lowest BCUT2D eigenvalue weighted by Crippen LogP contribution is -3.00. The van der Waals surface area contributed by atoms with Gasteiger partial charge in [0.1, 0.15) is 5.69 Å². The molecule has 0 saturated carbocycles. The second-order valence-electron chi connectivity index (χ2n) is 4.64. The smallest absolute Gasteiger partial charge is 0.323 e. The summed E-state index contributed by atoms with van der Waals surface area (Å²) in [5.74, 6) is 0.814. The Morgan fingerprint density at radius 1 is 1.24 bits per heavy atom.